The van der Waals surface area contributed by atoms with Crippen molar-refractivity contribution >= 4 is 0 Å². The molecule has 4 fully saturated rings. The normalized spacial score (nSPS) is 44.1. The number of rotatable bonds is 15. The second kappa shape index (κ2) is 16.0. The highest BCUT2D eigenvalue weighted by molar-refractivity contribution is 5.25. The molecule has 0 radical (unpaired) electrons. The van der Waals surface area contributed by atoms with Crippen molar-refractivity contribution < 1.29 is 39.7 Å². The van der Waals surface area contributed by atoms with Crippen LogP contribution in [0.1, 0.15) is 125 Å². The number of hydrogen-bond donors (Lipinski definition) is 6. The Balaban J connectivity index is 1.04. The van der Waals surface area contributed by atoms with E-state index in [-0.39, 0.29) is 18.1 Å². The van der Waals surface area contributed by atoms with Crippen LogP contribution in [-0.2, 0) is 14.2 Å². The summed E-state index contributed by atoms with van der Waals surface area (Å²) in [4.78, 5) is 0. The van der Waals surface area contributed by atoms with Gasteiger partial charge in [-0.1, -0.05) is 65.5 Å². The molecule has 9 heteroatoms. The number of allylic oxidation sites excluding steroid dienone is 1. The maximum Gasteiger partial charge on any atom is 0.213 e. The van der Waals surface area contributed by atoms with E-state index in [4.69, 9.17) is 14.2 Å². The Morgan fingerprint density at radius 3 is 2.44 bits per heavy atom. The van der Waals surface area contributed by atoms with Gasteiger partial charge in [0.05, 0.1) is 12.7 Å². The zero-order valence-corrected chi connectivity index (χ0v) is 30.8. The number of hydrogen-bond acceptors (Lipinski definition) is 9. The summed E-state index contributed by atoms with van der Waals surface area (Å²) in [6, 6.07) is 0. The second-order valence-electron chi connectivity index (χ2n) is 17.6. The van der Waals surface area contributed by atoms with Gasteiger partial charge in [0, 0.05) is 6.61 Å². The lowest BCUT2D eigenvalue weighted by Gasteiger charge is -2.58. The third kappa shape index (κ3) is 7.90. The van der Waals surface area contributed by atoms with E-state index in [0.29, 0.717) is 24.8 Å². The van der Waals surface area contributed by atoms with Crippen molar-refractivity contribution in [2.24, 2.45) is 46.3 Å². The molecule has 5 rings (SSSR count). The van der Waals surface area contributed by atoms with Crippen molar-refractivity contribution in [3.05, 3.63) is 11.6 Å². The lowest BCUT2D eigenvalue weighted by Crippen LogP contribution is -2.65. The molecule has 5 aliphatic rings. The molecule has 0 aromatic carbocycles. The molecule has 1 aliphatic heterocycles. The van der Waals surface area contributed by atoms with Crippen LogP contribution in [0.4, 0.5) is 0 Å². The lowest BCUT2D eigenvalue weighted by molar-refractivity contribution is -0.333. The number of nitrogens with one attached hydrogen (secondary N) is 1. The molecule has 0 amide bonds. The molecule has 0 aromatic heterocycles. The molecule has 9 nitrogen and oxygen atoms in total. The fourth-order valence-electron chi connectivity index (χ4n) is 11.0. The van der Waals surface area contributed by atoms with Crippen LogP contribution in [0.5, 0.6) is 0 Å². The van der Waals surface area contributed by atoms with Gasteiger partial charge >= 0.3 is 0 Å². The topological polar surface area (TPSA) is 141 Å². The zero-order valence-electron chi connectivity index (χ0n) is 30.8. The quantitative estimate of drug-likeness (QED) is 0.0777. The average molecular weight is 680 g/mol. The Labute approximate surface area is 290 Å². The Bertz CT molecular complexity index is 1070. The molecule has 11 unspecified atom stereocenters. The summed E-state index contributed by atoms with van der Waals surface area (Å²) in [7, 11) is 0. The van der Waals surface area contributed by atoms with Crippen LogP contribution in [0.25, 0.3) is 0 Å². The zero-order chi connectivity index (χ0) is 34.9. The van der Waals surface area contributed by atoms with Gasteiger partial charge in [0.15, 0.2) is 6.29 Å². The number of aliphatic hydroxyl groups is 5. The Morgan fingerprint density at radius 1 is 0.938 bits per heavy atom. The highest BCUT2D eigenvalue weighted by Gasteiger charge is 2.59. The molecule has 48 heavy (non-hydrogen) atoms. The molecular weight excluding hydrogens is 610 g/mol. The van der Waals surface area contributed by atoms with Crippen LogP contribution >= 0.6 is 0 Å². The summed E-state index contributed by atoms with van der Waals surface area (Å²) in [6.07, 6.45) is 11.3. The SMILES string of the molecule is CC(C)CCCC(C)C1CCC2C3CC=C4CC(OC(O)NCCCCOC5OC(C)(CO)[C@@H](O)C(O)C5O)CC[C@]4(C)C3CC[C@]12C. The van der Waals surface area contributed by atoms with Crippen LogP contribution in [0.3, 0.4) is 0 Å². The van der Waals surface area contributed by atoms with E-state index in [1.807, 2.05) is 0 Å². The predicted molar refractivity (Wildman–Crippen MR) is 185 cm³/mol. The summed E-state index contributed by atoms with van der Waals surface area (Å²) in [5.41, 5.74) is 0.898. The van der Waals surface area contributed by atoms with Gasteiger partial charge in [-0.05, 0) is 124 Å². The Morgan fingerprint density at radius 2 is 1.71 bits per heavy atom. The fourth-order valence-corrected chi connectivity index (χ4v) is 11.0. The van der Waals surface area contributed by atoms with Crippen LogP contribution in [0, 0.1) is 46.3 Å². The van der Waals surface area contributed by atoms with Crippen LogP contribution in [0.15, 0.2) is 11.6 Å². The van der Waals surface area contributed by atoms with Gasteiger partial charge in [0.2, 0.25) is 6.41 Å². The summed E-state index contributed by atoms with van der Waals surface area (Å²) in [6.45, 7) is 14.2. The first-order valence-electron chi connectivity index (χ1n) is 19.4. The molecule has 278 valence electrons. The molecule has 14 atom stereocenters. The van der Waals surface area contributed by atoms with Crippen molar-refractivity contribution in [1.82, 2.24) is 5.32 Å². The third-order valence-corrected chi connectivity index (χ3v) is 14.0. The van der Waals surface area contributed by atoms with Crippen molar-refractivity contribution in [2.75, 3.05) is 19.8 Å². The molecule has 3 saturated carbocycles. The van der Waals surface area contributed by atoms with E-state index in [9.17, 15) is 25.5 Å². The number of fused-ring (bicyclic) bond motifs is 5. The number of ether oxygens (including phenoxy) is 3. The van der Waals surface area contributed by atoms with E-state index in [2.05, 4.69) is 46.0 Å². The first-order chi connectivity index (χ1) is 22.7. The maximum atomic E-state index is 10.7. The number of aliphatic hydroxyl groups excluding tert-OH is 5. The molecule has 0 aromatic rings. The Kier molecular flexibility index (Phi) is 12.8. The van der Waals surface area contributed by atoms with E-state index in [1.165, 1.54) is 58.3 Å². The minimum Gasteiger partial charge on any atom is -0.393 e. The van der Waals surface area contributed by atoms with Gasteiger partial charge in [0.25, 0.3) is 0 Å². The first-order valence-corrected chi connectivity index (χ1v) is 19.4. The van der Waals surface area contributed by atoms with Crippen LogP contribution in [0.2, 0.25) is 0 Å². The summed E-state index contributed by atoms with van der Waals surface area (Å²) in [5.74, 6) is 4.95. The predicted octanol–water partition coefficient (Wildman–Crippen LogP) is 5.27. The monoisotopic (exact) mass is 680 g/mol. The fraction of sp³-hybridized carbons (Fsp3) is 0.949. The minimum atomic E-state index is -1.48. The summed E-state index contributed by atoms with van der Waals surface area (Å²) in [5, 5.41) is 53.8. The molecule has 0 spiro atoms. The van der Waals surface area contributed by atoms with Gasteiger partial charge < -0.3 is 39.7 Å². The largest absolute Gasteiger partial charge is 0.393 e. The number of unbranched alkanes of at least 4 members (excludes halogenated alkanes) is 1. The van der Waals surface area contributed by atoms with Gasteiger partial charge in [-0.25, -0.2) is 0 Å². The lowest BCUT2D eigenvalue weighted by atomic mass is 9.47. The van der Waals surface area contributed by atoms with Crippen LogP contribution < -0.4 is 5.32 Å². The molecule has 1 saturated heterocycles. The standard InChI is InChI=1S/C39H69NO8/c1-24(2)10-9-11-25(3)29-14-15-30-28-13-12-26-22-27(16-18-37(26,4)31(28)17-19-38(29,30)5)47-36(45)40-20-7-8-21-46-35-33(43)32(42)34(44)39(6,23-41)48-35/h12,24-25,27-36,40-45H,7-11,13-23H2,1-6H3/t25?,27?,28?,29?,30?,31?,32?,33?,34-,35?,36?,37-,38+,39?/m0/s1. The van der Waals surface area contributed by atoms with Crippen molar-refractivity contribution in [2.45, 2.75) is 168 Å². The van der Waals surface area contributed by atoms with Crippen molar-refractivity contribution in [3.63, 3.8) is 0 Å². The third-order valence-electron chi connectivity index (χ3n) is 14.0. The highest BCUT2D eigenvalue weighted by Crippen LogP contribution is 2.67. The van der Waals surface area contributed by atoms with Crippen molar-refractivity contribution in [3.8, 4) is 0 Å². The first kappa shape index (κ1) is 38.6. The van der Waals surface area contributed by atoms with Gasteiger partial charge in [-0.15, -0.1) is 0 Å². The maximum absolute atomic E-state index is 10.7. The Hall–Kier alpha value is -0.620. The molecule has 4 aliphatic carbocycles. The van der Waals surface area contributed by atoms with Gasteiger partial charge in [-0.2, -0.15) is 0 Å². The van der Waals surface area contributed by atoms with E-state index >= 15 is 0 Å². The van der Waals surface area contributed by atoms with E-state index < -0.39 is 43.2 Å². The molecular formula is C39H69NO8. The smallest absolute Gasteiger partial charge is 0.213 e. The minimum absolute atomic E-state index is 0.00988. The molecule has 0 bridgehead atoms. The van der Waals surface area contributed by atoms with Gasteiger partial charge in [-0.3, -0.25) is 5.32 Å². The second-order valence-corrected chi connectivity index (χ2v) is 17.6. The van der Waals surface area contributed by atoms with E-state index in [1.54, 1.807) is 5.57 Å². The van der Waals surface area contributed by atoms with Crippen molar-refractivity contribution in [1.29, 1.82) is 0 Å². The van der Waals surface area contributed by atoms with E-state index in [0.717, 1.165) is 54.8 Å². The van der Waals surface area contributed by atoms with Gasteiger partial charge in [0.1, 0.15) is 23.9 Å². The van der Waals surface area contributed by atoms with Crippen LogP contribution in [-0.4, -0.2) is 88.0 Å². The summed E-state index contributed by atoms with van der Waals surface area (Å²) < 4.78 is 17.3. The summed E-state index contributed by atoms with van der Waals surface area (Å²) >= 11 is 0. The molecule has 1 heterocycles. The molecule has 6 N–H and O–H groups in total. The average Bonchev–Trinajstić information content (AvgIpc) is 3.41. The highest BCUT2D eigenvalue weighted by atomic mass is 16.7.